The second-order valence-electron chi connectivity index (χ2n) is 6.28. The van der Waals surface area contributed by atoms with Crippen LogP contribution >= 0.6 is 0 Å². The number of carbonyl (C=O) groups is 1. The molecule has 0 aliphatic carbocycles. The Morgan fingerprint density at radius 1 is 1.17 bits per heavy atom. The molecule has 0 unspecified atom stereocenters. The SMILES string of the molecule is COC[C@@H](C)NC(=O)CN1CCN(CCc2ccccc2)CC1. The van der Waals surface area contributed by atoms with Crippen molar-refractivity contribution in [2.45, 2.75) is 19.4 Å². The molecule has 1 atom stereocenters. The summed E-state index contributed by atoms with van der Waals surface area (Å²) in [4.78, 5) is 16.7. The van der Waals surface area contributed by atoms with Gasteiger partial charge in [-0.25, -0.2) is 0 Å². The lowest BCUT2D eigenvalue weighted by molar-refractivity contribution is -0.123. The predicted molar refractivity (Wildman–Crippen MR) is 92.5 cm³/mol. The minimum Gasteiger partial charge on any atom is -0.383 e. The summed E-state index contributed by atoms with van der Waals surface area (Å²) in [5.74, 6) is 0.0901. The molecule has 128 valence electrons. The quantitative estimate of drug-likeness (QED) is 0.776. The van der Waals surface area contributed by atoms with Gasteiger partial charge in [0.25, 0.3) is 0 Å². The number of nitrogens with zero attached hydrogens (tertiary/aromatic N) is 2. The zero-order chi connectivity index (χ0) is 16.5. The van der Waals surface area contributed by atoms with Crippen molar-refractivity contribution >= 4 is 5.91 Å². The number of nitrogens with one attached hydrogen (secondary N) is 1. The summed E-state index contributed by atoms with van der Waals surface area (Å²) in [6, 6.07) is 10.7. The number of carbonyl (C=O) groups excluding carboxylic acids is 1. The number of hydrogen-bond acceptors (Lipinski definition) is 4. The van der Waals surface area contributed by atoms with E-state index in [1.807, 2.05) is 6.92 Å². The Labute approximate surface area is 139 Å². The zero-order valence-corrected chi connectivity index (χ0v) is 14.3. The fraction of sp³-hybridized carbons (Fsp3) is 0.611. The minimum absolute atomic E-state index is 0.0691. The molecule has 5 heteroatoms. The molecular formula is C18H29N3O2. The van der Waals surface area contributed by atoms with Crippen LogP contribution in [0.2, 0.25) is 0 Å². The molecule has 1 fully saturated rings. The summed E-state index contributed by atoms with van der Waals surface area (Å²) in [6.07, 6.45) is 1.09. The van der Waals surface area contributed by atoms with E-state index in [1.54, 1.807) is 7.11 Å². The average molecular weight is 319 g/mol. The van der Waals surface area contributed by atoms with Crippen molar-refractivity contribution in [3.63, 3.8) is 0 Å². The summed E-state index contributed by atoms with van der Waals surface area (Å²) >= 11 is 0. The molecular weight excluding hydrogens is 290 g/mol. The highest BCUT2D eigenvalue weighted by atomic mass is 16.5. The maximum absolute atomic E-state index is 12.0. The van der Waals surface area contributed by atoms with Gasteiger partial charge in [0.2, 0.25) is 5.91 Å². The van der Waals surface area contributed by atoms with E-state index in [0.29, 0.717) is 13.2 Å². The van der Waals surface area contributed by atoms with E-state index in [9.17, 15) is 4.79 Å². The molecule has 1 saturated heterocycles. The van der Waals surface area contributed by atoms with Crippen molar-refractivity contribution in [3.05, 3.63) is 35.9 Å². The molecule has 5 nitrogen and oxygen atoms in total. The molecule has 0 spiro atoms. The molecule has 1 aromatic carbocycles. The largest absolute Gasteiger partial charge is 0.383 e. The number of benzene rings is 1. The van der Waals surface area contributed by atoms with Gasteiger partial charge in [-0.05, 0) is 18.9 Å². The average Bonchev–Trinajstić information content (AvgIpc) is 2.55. The third kappa shape index (κ3) is 6.69. The van der Waals surface area contributed by atoms with Crippen LogP contribution in [0, 0.1) is 0 Å². The normalized spacial score (nSPS) is 17.8. The van der Waals surface area contributed by atoms with E-state index in [1.165, 1.54) is 5.56 Å². The van der Waals surface area contributed by atoms with Crippen LogP contribution < -0.4 is 5.32 Å². The number of hydrogen-bond donors (Lipinski definition) is 1. The number of rotatable bonds is 8. The van der Waals surface area contributed by atoms with Crippen LogP contribution in [0.15, 0.2) is 30.3 Å². The van der Waals surface area contributed by atoms with Gasteiger partial charge in [0.05, 0.1) is 13.2 Å². The maximum Gasteiger partial charge on any atom is 0.234 e. The smallest absolute Gasteiger partial charge is 0.234 e. The van der Waals surface area contributed by atoms with Crippen LogP contribution in [-0.2, 0) is 16.0 Å². The Bertz CT molecular complexity index is 459. The first-order valence-electron chi connectivity index (χ1n) is 8.44. The summed E-state index contributed by atoms with van der Waals surface area (Å²) < 4.78 is 5.04. The molecule has 0 bridgehead atoms. The van der Waals surface area contributed by atoms with Gasteiger partial charge in [-0.15, -0.1) is 0 Å². The first kappa shape index (κ1) is 17.9. The van der Waals surface area contributed by atoms with Crippen molar-refractivity contribution in [2.75, 3.05) is 53.0 Å². The van der Waals surface area contributed by atoms with Gasteiger partial charge in [-0.1, -0.05) is 30.3 Å². The molecule has 2 rings (SSSR count). The Kier molecular flexibility index (Phi) is 7.52. The van der Waals surface area contributed by atoms with Gasteiger partial charge in [0, 0.05) is 45.9 Å². The van der Waals surface area contributed by atoms with Crippen molar-refractivity contribution in [1.82, 2.24) is 15.1 Å². The highest BCUT2D eigenvalue weighted by Crippen LogP contribution is 2.05. The van der Waals surface area contributed by atoms with E-state index in [0.717, 1.165) is 39.1 Å². The van der Waals surface area contributed by atoms with Crippen LogP contribution in [0.1, 0.15) is 12.5 Å². The van der Waals surface area contributed by atoms with Gasteiger partial charge in [-0.2, -0.15) is 0 Å². The van der Waals surface area contributed by atoms with Crippen molar-refractivity contribution < 1.29 is 9.53 Å². The van der Waals surface area contributed by atoms with E-state index >= 15 is 0 Å². The van der Waals surface area contributed by atoms with Crippen LogP contribution in [0.4, 0.5) is 0 Å². The summed E-state index contributed by atoms with van der Waals surface area (Å²) in [6.45, 7) is 8.08. The lowest BCUT2D eigenvalue weighted by atomic mass is 10.1. The lowest BCUT2D eigenvalue weighted by Crippen LogP contribution is -2.50. The topological polar surface area (TPSA) is 44.8 Å². The third-order valence-electron chi connectivity index (χ3n) is 4.22. The Morgan fingerprint density at radius 3 is 2.48 bits per heavy atom. The molecule has 0 radical (unpaired) electrons. The summed E-state index contributed by atoms with van der Waals surface area (Å²) in [5, 5.41) is 2.97. The van der Waals surface area contributed by atoms with Gasteiger partial charge in [0.1, 0.15) is 0 Å². The van der Waals surface area contributed by atoms with E-state index in [4.69, 9.17) is 4.74 Å². The lowest BCUT2D eigenvalue weighted by Gasteiger charge is -2.34. The minimum atomic E-state index is 0.0691. The maximum atomic E-state index is 12.0. The number of amides is 1. The van der Waals surface area contributed by atoms with Crippen molar-refractivity contribution in [3.8, 4) is 0 Å². The van der Waals surface area contributed by atoms with Crippen LogP contribution in [0.25, 0.3) is 0 Å². The summed E-state index contributed by atoms with van der Waals surface area (Å²) in [5.41, 5.74) is 1.39. The number of methoxy groups -OCH3 is 1. The second kappa shape index (κ2) is 9.65. The van der Waals surface area contributed by atoms with Gasteiger partial charge in [-0.3, -0.25) is 9.69 Å². The fourth-order valence-corrected chi connectivity index (χ4v) is 2.92. The highest BCUT2D eigenvalue weighted by molar-refractivity contribution is 5.78. The Hall–Kier alpha value is -1.43. The van der Waals surface area contributed by atoms with Gasteiger partial charge >= 0.3 is 0 Å². The number of ether oxygens (including phenoxy) is 1. The van der Waals surface area contributed by atoms with Gasteiger partial charge < -0.3 is 15.0 Å². The molecule has 1 aliphatic rings. The molecule has 1 aromatic rings. The third-order valence-corrected chi connectivity index (χ3v) is 4.22. The van der Waals surface area contributed by atoms with Crippen LogP contribution in [0.3, 0.4) is 0 Å². The van der Waals surface area contributed by atoms with E-state index in [-0.39, 0.29) is 11.9 Å². The van der Waals surface area contributed by atoms with Crippen molar-refractivity contribution in [1.29, 1.82) is 0 Å². The molecule has 23 heavy (non-hydrogen) atoms. The molecule has 1 N–H and O–H groups in total. The van der Waals surface area contributed by atoms with Crippen LogP contribution in [0.5, 0.6) is 0 Å². The Morgan fingerprint density at radius 2 is 1.83 bits per heavy atom. The molecule has 1 amide bonds. The Balaban J connectivity index is 1.63. The predicted octanol–water partition coefficient (Wildman–Crippen LogP) is 0.998. The van der Waals surface area contributed by atoms with Gasteiger partial charge in [0.15, 0.2) is 0 Å². The zero-order valence-electron chi connectivity index (χ0n) is 14.3. The first-order valence-corrected chi connectivity index (χ1v) is 8.44. The molecule has 1 heterocycles. The van der Waals surface area contributed by atoms with Crippen molar-refractivity contribution in [2.24, 2.45) is 0 Å². The van der Waals surface area contributed by atoms with E-state index < -0.39 is 0 Å². The molecule has 0 saturated carbocycles. The molecule has 1 aliphatic heterocycles. The van der Waals surface area contributed by atoms with E-state index in [2.05, 4.69) is 45.4 Å². The second-order valence-corrected chi connectivity index (χ2v) is 6.28. The fourth-order valence-electron chi connectivity index (χ4n) is 2.92. The molecule has 0 aromatic heterocycles. The summed E-state index contributed by atoms with van der Waals surface area (Å²) in [7, 11) is 1.65. The monoisotopic (exact) mass is 319 g/mol. The van der Waals surface area contributed by atoms with Crippen LogP contribution in [-0.4, -0.2) is 74.7 Å². The first-order chi connectivity index (χ1) is 11.2. The highest BCUT2D eigenvalue weighted by Gasteiger charge is 2.19. The standard InChI is InChI=1S/C18H29N3O2/c1-16(15-23-2)19-18(22)14-21-12-10-20(11-13-21)9-8-17-6-4-3-5-7-17/h3-7,16H,8-15H2,1-2H3,(H,19,22)/t16-/m1/s1. The number of piperazine rings is 1.